The fourth-order valence-electron chi connectivity index (χ4n) is 3.83. The first-order valence-corrected chi connectivity index (χ1v) is 13.5. The largest absolute Gasteiger partial charge is 0.471 e. The van der Waals surface area contributed by atoms with Crippen molar-refractivity contribution >= 4 is 40.6 Å². The number of amides is 2. The standard InChI is InChI=1S/C30H35F3N6O5/c1-28(2,3)43-21(40)16-34-15-19-11-9-10-18(14-19)12-13-20-23-22(35-17-38(23)7)25(39(8)27(42)44-29(4,5)6)36-24(20)37-26(41)30(31,32)33/h9-11,14,17,34H,15-16H2,1-8H3,(H,36,37,41). The summed E-state index contributed by atoms with van der Waals surface area (Å²) in [5.74, 6) is 2.41. The van der Waals surface area contributed by atoms with Crippen LogP contribution in [0.4, 0.5) is 29.6 Å². The van der Waals surface area contributed by atoms with Crippen LogP contribution in [0.1, 0.15) is 58.2 Å². The van der Waals surface area contributed by atoms with Gasteiger partial charge in [-0.05, 0) is 59.2 Å². The molecular formula is C30H35F3N6O5. The summed E-state index contributed by atoms with van der Waals surface area (Å²) in [5, 5.41) is 4.79. The molecule has 2 aromatic heterocycles. The molecule has 0 radical (unpaired) electrons. The smallest absolute Gasteiger partial charge is 0.459 e. The number of aromatic nitrogens is 3. The lowest BCUT2D eigenvalue weighted by atomic mass is 10.1. The summed E-state index contributed by atoms with van der Waals surface area (Å²) in [6.07, 6.45) is -4.66. The van der Waals surface area contributed by atoms with Crippen molar-refractivity contribution in [2.45, 2.75) is 65.5 Å². The fraction of sp³-hybridized carbons (Fsp3) is 0.433. The average Bonchev–Trinajstić information content (AvgIpc) is 3.26. The van der Waals surface area contributed by atoms with Gasteiger partial charge >= 0.3 is 24.1 Å². The van der Waals surface area contributed by atoms with Gasteiger partial charge < -0.3 is 24.7 Å². The molecule has 0 atom stereocenters. The summed E-state index contributed by atoms with van der Waals surface area (Å²) >= 11 is 0. The van der Waals surface area contributed by atoms with Crippen LogP contribution in [0, 0.1) is 11.8 Å². The number of hydrogen-bond acceptors (Lipinski definition) is 8. The number of rotatable bonds is 6. The van der Waals surface area contributed by atoms with Crippen molar-refractivity contribution in [3.63, 3.8) is 0 Å². The summed E-state index contributed by atoms with van der Waals surface area (Å²) in [6.45, 7) is 10.6. The molecule has 0 aliphatic rings. The van der Waals surface area contributed by atoms with Crippen molar-refractivity contribution in [3.8, 4) is 11.8 Å². The molecule has 1 aromatic carbocycles. The highest BCUT2D eigenvalue weighted by Crippen LogP contribution is 2.32. The molecule has 0 fully saturated rings. The van der Waals surface area contributed by atoms with E-state index in [1.54, 1.807) is 72.1 Å². The van der Waals surface area contributed by atoms with Gasteiger partial charge in [-0.25, -0.2) is 14.8 Å². The molecule has 0 spiro atoms. The third kappa shape index (κ3) is 9.18. The van der Waals surface area contributed by atoms with Gasteiger partial charge in [-0.2, -0.15) is 13.2 Å². The van der Waals surface area contributed by atoms with Crippen LogP contribution in [0.3, 0.4) is 0 Å². The highest BCUT2D eigenvalue weighted by molar-refractivity contribution is 6.03. The molecule has 0 aliphatic carbocycles. The van der Waals surface area contributed by atoms with Gasteiger partial charge in [0.25, 0.3) is 0 Å². The number of imidazole rings is 1. The molecule has 0 aliphatic heterocycles. The lowest BCUT2D eigenvalue weighted by Crippen LogP contribution is -2.35. The van der Waals surface area contributed by atoms with Gasteiger partial charge in [0.05, 0.1) is 24.0 Å². The second-order valence-corrected chi connectivity index (χ2v) is 11.8. The number of ether oxygens (including phenoxy) is 2. The number of carbonyl (C=O) groups excluding carboxylic acids is 3. The SMILES string of the molecule is CN(C(=O)OC(C)(C)C)c1nc(NC(=O)C(F)(F)F)c(C#Cc2cccc(CNCC(=O)OC(C)(C)C)c2)c2c1ncn2C. The van der Waals surface area contributed by atoms with Crippen molar-refractivity contribution in [2.24, 2.45) is 7.05 Å². The molecule has 236 valence electrons. The summed E-state index contributed by atoms with van der Waals surface area (Å²) in [5.41, 5.74) is 0.134. The van der Waals surface area contributed by atoms with Crippen LogP contribution in [0.5, 0.6) is 0 Å². The van der Waals surface area contributed by atoms with E-state index in [1.807, 2.05) is 6.07 Å². The first-order valence-electron chi connectivity index (χ1n) is 13.5. The average molecular weight is 617 g/mol. The Kier molecular flexibility index (Phi) is 9.95. The number of alkyl halides is 3. The second-order valence-electron chi connectivity index (χ2n) is 11.8. The van der Waals surface area contributed by atoms with Crippen molar-refractivity contribution in [1.82, 2.24) is 19.9 Å². The van der Waals surface area contributed by atoms with Gasteiger partial charge in [-0.1, -0.05) is 24.0 Å². The molecule has 44 heavy (non-hydrogen) atoms. The number of carbonyl (C=O) groups is 3. The van der Waals surface area contributed by atoms with Crippen molar-refractivity contribution < 1.29 is 37.0 Å². The lowest BCUT2D eigenvalue weighted by Gasteiger charge is -2.24. The maximum atomic E-state index is 13.3. The van der Waals surface area contributed by atoms with Crippen LogP contribution in [-0.2, 0) is 32.7 Å². The van der Waals surface area contributed by atoms with E-state index in [0.29, 0.717) is 12.1 Å². The summed E-state index contributed by atoms with van der Waals surface area (Å²) in [6, 6.07) is 6.97. The van der Waals surface area contributed by atoms with Crippen LogP contribution in [0.15, 0.2) is 30.6 Å². The monoisotopic (exact) mass is 616 g/mol. The van der Waals surface area contributed by atoms with E-state index in [9.17, 15) is 27.6 Å². The van der Waals surface area contributed by atoms with Gasteiger partial charge in [0.2, 0.25) is 0 Å². The molecule has 3 aromatic rings. The van der Waals surface area contributed by atoms with E-state index in [4.69, 9.17) is 9.47 Å². The molecular weight excluding hydrogens is 581 g/mol. The molecule has 14 heteroatoms. The van der Waals surface area contributed by atoms with Crippen molar-refractivity contribution in [3.05, 3.63) is 47.3 Å². The number of nitrogens with zero attached hydrogens (tertiary/aromatic N) is 4. The first-order chi connectivity index (χ1) is 20.2. The Labute approximate surface area is 253 Å². The molecule has 3 rings (SSSR count). The Morgan fingerprint density at radius 3 is 2.30 bits per heavy atom. The van der Waals surface area contributed by atoms with Gasteiger partial charge in [0.1, 0.15) is 16.7 Å². The lowest BCUT2D eigenvalue weighted by molar-refractivity contribution is -0.167. The number of nitrogens with one attached hydrogen (secondary N) is 2. The molecule has 0 bridgehead atoms. The summed E-state index contributed by atoms with van der Waals surface area (Å²) < 4.78 is 52.0. The number of aryl methyl sites for hydroxylation is 1. The zero-order valence-electron chi connectivity index (χ0n) is 25.8. The van der Waals surface area contributed by atoms with Crippen LogP contribution >= 0.6 is 0 Å². The molecule has 0 saturated carbocycles. The van der Waals surface area contributed by atoms with Crippen molar-refractivity contribution in [1.29, 1.82) is 0 Å². The Bertz CT molecular complexity index is 1620. The topological polar surface area (TPSA) is 128 Å². The maximum absolute atomic E-state index is 13.3. The number of esters is 1. The number of hydrogen-bond donors (Lipinski definition) is 2. The fourth-order valence-corrected chi connectivity index (χ4v) is 3.83. The number of pyridine rings is 1. The zero-order valence-corrected chi connectivity index (χ0v) is 25.8. The predicted molar refractivity (Wildman–Crippen MR) is 158 cm³/mol. The highest BCUT2D eigenvalue weighted by Gasteiger charge is 2.40. The molecule has 2 N–H and O–H groups in total. The van der Waals surface area contributed by atoms with Crippen LogP contribution in [0.25, 0.3) is 11.0 Å². The predicted octanol–water partition coefficient (Wildman–Crippen LogP) is 4.67. The third-order valence-electron chi connectivity index (χ3n) is 5.59. The van der Waals surface area contributed by atoms with Gasteiger partial charge in [0, 0.05) is 26.2 Å². The highest BCUT2D eigenvalue weighted by atomic mass is 19.4. The number of fused-ring (bicyclic) bond motifs is 1. The van der Waals surface area contributed by atoms with E-state index < -0.39 is 41.2 Å². The minimum absolute atomic E-state index is 0.0102. The van der Waals surface area contributed by atoms with Gasteiger partial charge in [-0.3, -0.25) is 14.5 Å². The summed E-state index contributed by atoms with van der Waals surface area (Å²) in [4.78, 5) is 46.3. The third-order valence-corrected chi connectivity index (χ3v) is 5.59. The van der Waals surface area contributed by atoms with Crippen molar-refractivity contribution in [2.75, 3.05) is 23.8 Å². The molecule has 0 unspecified atom stereocenters. The molecule has 2 heterocycles. The molecule has 2 amide bonds. The number of benzene rings is 1. The summed E-state index contributed by atoms with van der Waals surface area (Å²) in [7, 11) is 2.91. The van der Waals surface area contributed by atoms with E-state index >= 15 is 0 Å². The Balaban J connectivity index is 2.03. The van der Waals surface area contributed by atoms with E-state index in [1.165, 1.54) is 17.9 Å². The number of anilines is 2. The normalized spacial score (nSPS) is 11.9. The minimum Gasteiger partial charge on any atom is -0.459 e. The van der Waals surface area contributed by atoms with Gasteiger partial charge in [-0.15, -0.1) is 0 Å². The minimum atomic E-state index is -5.22. The van der Waals surface area contributed by atoms with E-state index in [0.717, 1.165) is 10.5 Å². The van der Waals surface area contributed by atoms with Crippen LogP contribution in [-0.4, -0.2) is 63.5 Å². The van der Waals surface area contributed by atoms with E-state index in [2.05, 4.69) is 27.1 Å². The van der Waals surface area contributed by atoms with E-state index in [-0.39, 0.29) is 29.0 Å². The van der Waals surface area contributed by atoms with Crippen LogP contribution in [0.2, 0.25) is 0 Å². The Morgan fingerprint density at radius 1 is 1.02 bits per heavy atom. The zero-order chi connectivity index (χ0) is 33.0. The van der Waals surface area contributed by atoms with Crippen LogP contribution < -0.4 is 15.5 Å². The quantitative estimate of drug-likeness (QED) is 0.302. The first kappa shape index (κ1) is 33.9. The molecule has 0 saturated heterocycles. The second kappa shape index (κ2) is 12.9. The van der Waals surface area contributed by atoms with Gasteiger partial charge in [0.15, 0.2) is 11.6 Å². The maximum Gasteiger partial charge on any atom is 0.471 e. The number of halogens is 3. The molecule has 11 nitrogen and oxygen atoms in total. The Morgan fingerprint density at radius 2 is 1.68 bits per heavy atom. The Hall–Kier alpha value is -4.64.